The zero-order valence-electron chi connectivity index (χ0n) is 19.4. The van der Waals surface area contributed by atoms with Crippen LogP contribution < -0.4 is 15.6 Å². The van der Waals surface area contributed by atoms with E-state index < -0.39 is 0 Å². The monoisotopic (exact) mass is 469 g/mol. The summed E-state index contributed by atoms with van der Waals surface area (Å²) >= 11 is 0. The van der Waals surface area contributed by atoms with Crippen molar-refractivity contribution in [3.05, 3.63) is 88.0 Å². The van der Waals surface area contributed by atoms with Crippen LogP contribution in [0.15, 0.2) is 65.6 Å². The summed E-state index contributed by atoms with van der Waals surface area (Å²) in [5.74, 6) is 0.716. The molecule has 0 saturated heterocycles. The molecule has 10 heteroatoms. The number of benzene rings is 2. The van der Waals surface area contributed by atoms with E-state index in [0.717, 1.165) is 16.8 Å². The number of para-hydroxylation sites is 1. The number of anilines is 1. The number of aryl methyl sites for hydroxylation is 2. The molecule has 2 aromatic carbocycles. The summed E-state index contributed by atoms with van der Waals surface area (Å²) in [5.41, 5.74) is 3.61. The van der Waals surface area contributed by atoms with Gasteiger partial charge >= 0.3 is 0 Å². The minimum atomic E-state index is -0.376. The summed E-state index contributed by atoms with van der Waals surface area (Å²) in [4.78, 5) is 32.8. The van der Waals surface area contributed by atoms with Gasteiger partial charge in [-0.2, -0.15) is 19.9 Å². The summed E-state index contributed by atoms with van der Waals surface area (Å²) < 4.78 is 8.54. The number of amides is 1. The maximum atomic E-state index is 12.9. The Bertz CT molecular complexity index is 1600. The van der Waals surface area contributed by atoms with Gasteiger partial charge in [-0.3, -0.25) is 14.6 Å². The third-order valence-electron chi connectivity index (χ3n) is 5.64. The number of nitrogens with one attached hydrogen (secondary N) is 2. The highest BCUT2D eigenvalue weighted by Crippen LogP contribution is 2.21. The van der Waals surface area contributed by atoms with E-state index in [-0.39, 0.29) is 24.0 Å². The van der Waals surface area contributed by atoms with Crippen LogP contribution in [0.25, 0.3) is 22.7 Å². The lowest BCUT2D eigenvalue weighted by molar-refractivity contribution is -0.118. The number of rotatable bonds is 6. The Morgan fingerprint density at radius 2 is 1.86 bits per heavy atom. The van der Waals surface area contributed by atoms with Gasteiger partial charge in [0.25, 0.3) is 11.5 Å². The Morgan fingerprint density at radius 3 is 2.66 bits per heavy atom. The number of aromatic amines is 1. The number of hydrogen-bond acceptors (Lipinski definition) is 6. The first kappa shape index (κ1) is 22.1. The van der Waals surface area contributed by atoms with Gasteiger partial charge in [0, 0.05) is 6.07 Å². The van der Waals surface area contributed by atoms with Gasteiger partial charge in [-0.15, -0.1) is 0 Å². The number of ether oxygens (including phenoxy) is 1. The van der Waals surface area contributed by atoms with Crippen LogP contribution in [0.3, 0.4) is 0 Å². The van der Waals surface area contributed by atoms with Crippen LogP contribution in [0.5, 0.6) is 5.75 Å². The van der Waals surface area contributed by atoms with Crippen LogP contribution in [0, 0.1) is 20.8 Å². The third-order valence-corrected chi connectivity index (χ3v) is 5.64. The molecule has 0 saturated carbocycles. The van der Waals surface area contributed by atoms with Crippen molar-refractivity contribution in [1.82, 2.24) is 29.5 Å². The van der Waals surface area contributed by atoms with Gasteiger partial charge in [0.2, 0.25) is 5.95 Å². The van der Waals surface area contributed by atoms with Crippen molar-refractivity contribution in [2.75, 3.05) is 11.9 Å². The lowest BCUT2D eigenvalue weighted by Crippen LogP contribution is -2.23. The first-order valence-electron chi connectivity index (χ1n) is 11.0. The normalized spacial score (nSPS) is 11.1. The van der Waals surface area contributed by atoms with Crippen molar-refractivity contribution >= 4 is 22.8 Å². The molecule has 176 valence electrons. The van der Waals surface area contributed by atoms with Crippen LogP contribution in [0.2, 0.25) is 0 Å². The van der Waals surface area contributed by atoms with Gasteiger partial charge < -0.3 is 10.1 Å². The molecule has 0 unspecified atom stereocenters. The van der Waals surface area contributed by atoms with E-state index in [1.54, 1.807) is 29.8 Å². The first-order valence-corrected chi connectivity index (χ1v) is 11.0. The zero-order valence-corrected chi connectivity index (χ0v) is 19.4. The Morgan fingerprint density at radius 1 is 1.06 bits per heavy atom. The largest absolute Gasteiger partial charge is 0.484 e. The summed E-state index contributed by atoms with van der Waals surface area (Å²) in [5, 5.41) is 12.0. The minimum absolute atomic E-state index is 0.155. The van der Waals surface area contributed by atoms with Crippen molar-refractivity contribution in [3.8, 4) is 17.4 Å². The Kier molecular flexibility index (Phi) is 5.61. The summed E-state index contributed by atoms with van der Waals surface area (Å²) in [6.45, 7) is 5.60. The smallest absolute Gasteiger partial charge is 0.263 e. The third kappa shape index (κ3) is 4.29. The fourth-order valence-corrected chi connectivity index (χ4v) is 3.74. The standard InChI is InChI=1S/C25H23N7O3/c1-15-8-7-11-20(17(15)3)31-23-19(13-26-31)24(34)29-25(28-23)32-21(12-16(2)30-32)27-22(33)14-35-18-9-5-4-6-10-18/h4-13H,14H2,1-3H3,(H,27,33)(H,28,29,34). The minimum Gasteiger partial charge on any atom is -0.484 e. The number of carbonyl (C=O) groups is 1. The molecule has 2 N–H and O–H groups in total. The lowest BCUT2D eigenvalue weighted by atomic mass is 10.1. The maximum Gasteiger partial charge on any atom is 0.263 e. The summed E-state index contributed by atoms with van der Waals surface area (Å²) in [7, 11) is 0. The molecule has 5 rings (SSSR count). The molecule has 0 spiro atoms. The van der Waals surface area contributed by atoms with E-state index in [0.29, 0.717) is 28.3 Å². The molecule has 3 heterocycles. The SMILES string of the molecule is Cc1cc(NC(=O)COc2ccccc2)n(-c2nc3c(cnn3-c3cccc(C)c3C)c(=O)[nH]2)n1. The second kappa shape index (κ2) is 8.90. The number of aromatic nitrogens is 6. The molecule has 5 aromatic rings. The van der Waals surface area contributed by atoms with E-state index in [4.69, 9.17) is 4.74 Å². The molecule has 0 radical (unpaired) electrons. The second-order valence-electron chi connectivity index (χ2n) is 8.13. The Labute approximate surface area is 200 Å². The fraction of sp³-hybridized carbons (Fsp3) is 0.160. The molecule has 1 amide bonds. The molecule has 35 heavy (non-hydrogen) atoms. The quantitative estimate of drug-likeness (QED) is 0.394. The maximum absolute atomic E-state index is 12.9. The lowest BCUT2D eigenvalue weighted by Gasteiger charge is -2.11. The fourth-order valence-electron chi connectivity index (χ4n) is 3.74. The molecule has 0 fully saturated rings. The average molecular weight is 470 g/mol. The van der Waals surface area contributed by atoms with E-state index in [1.807, 2.05) is 50.2 Å². The molecule has 0 aliphatic carbocycles. The van der Waals surface area contributed by atoms with Crippen LogP contribution >= 0.6 is 0 Å². The van der Waals surface area contributed by atoms with Gasteiger partial charge in [-0.1, -0.05) is 30.3 Å². The van der Waals surface area contributed by atoms with Gasteiger partial charge in [0.15, 0.2) is 12.3 Å². The van der Waals surface area contributed by atoms with Gasteiger partial charge in [-0.25, -0.2) is 4.68 Å². The van der Waals surface area contributed by atoms with Gasteiger partial charge in [0.1, 0.15) is 17.0 Å². The van der Waals surface area contributed by atoms with Crippen LogP contribution in [-0.2, 0) is 4.79 Å². The number of H-pyrrole nitrogens is 1. The molecule has 10 nitrogen and oxygen atoms in total. The van der Waals surface area contributed by atoms with Crippen molar-refractivity contribution in [1.29, 1.82) is 0 Å². The molecule has 0 bridgehead atoms. The second-order valence-corrected chi connectivity index (χ2v) is 8.13. The van der Waals surface area contributed by atoms with Crippen molar-refractivity contribution in [2.45, 2.75) is 20.8 Å². The van der Waals surface area contributed by atoms with Crippen LogP contribution in [0.1, 0.15) is 16.8 Å². The Balaban J connectivity index is 1.50. The number of fused-ring (bicyclic) bond motifs is 1. The highest BCUT2D eigenvalue weighted by atomic mass is 16.5. The number of nitrogens with zero attached hydrogens (tertiary/aromatic N) is 5. The number of carbonyl (C=O) groups excluding carboxylic acids is 1. The number of hydrogen-bond donors (Lipinski definition) is 2. The predicted molar refractivity (Wildman–Crippen MR) is 131 cm³/mol. The average Bonchev–Trinajstić information content (AvgIpc) is 3.43. The highest BCUT2D eigenvalue weighted by Gasteiger charge is 2.18. The van der Waals surface area contributed by atoms with E-state index in [1.165, 1.54) is 10.9 Å². The van der Waals surface area contributed by atoms with Crippen molar-refractivity contribution in [3.63, 3.8) is 0 Å². The predicted octanol–water partition coefficient (Wildman–Crippen LogP) is 3.24. The van der Waals surface area contributed by atoms with Crippen LogP contribution in [0.4, 0.5) is 5.82 Å². The molecular weight excluding hydrogens is 446 g/mol. The van der Waals surface area contributed by atoms with Gasteiger partial charge in [-0.05, 0) is 50.1 Å². The van der Waals surface area contributed by atoms with E-state index in [2.05, 4.69) is 25.5 Å². The molecular formula is C25H23N7O3. The first-order chi connectivity index (χ1) is 16.9. The highest BCUT2D eigenvalue weighted by molar-refractivity contribution is 5.91. The van der Waals surface area contributed by atoms with E-state index in [9.17, 15) is 9.59 Å². The Hall–Kier alpha value is -4.73. The summed E-state index contributed by atoms with van der Waals surface area (Å²) in [6.07, 6.45) is 1.49. The molecule has 0 aliphatic rings. The van der Waals surface area contributed by atoms with Crippen molar-refractivity contribution in [2.24, 2.45) is 0 Å². The van der Waals surface area contributed by atoms with Crippen LogP contribution in [-0.4, -0.2) is 42.0 Å². The van der Waals surface area contributed by atoms with E-state index >= 15 is 0 Å². The van der Waals surface area contributed by atoms with Crippen molar-refractivity contribution < 1.29 is 9.53 Å². The molecule has 0 aliphatic heterocycles. The molecule has 0 atom stereocenters. The van der Waals surface area contributed by atoms with Gasteiger partial charge in [0.05, 0.1) is 17.6 Å². The zero-order chi connectivity index (χ0) is 24.5. The molecule has 3 aromatic heterocycles. The topological polar surface area (TPSA) is 120 Å². The summed E-state index contributed by atoms with van der Waals surface area (Å²) in [6, 6.07) is 16.6.